The van der Waals surface area contributed by atoms with E-state index >= 15 is 0 Å². The van der Waals surface area contributed by atoms with Gasteiger partial charge in [-0.1, -0.05) is 18.2 Å². The van der Waals surface area contributed by atoms with Crippen molar-refractivity contribution in [2.24, 2.45) is 0 Å². The minimum atomic E-state index is -0.317. The summed E-state index contributed by atoms with van der Waals surface area (Å²) in [7, 11) is 0. The van der Waals surface area contributed by atoms with Crippen LogP contribution in [-0.2, 0) is 6.42 Å². The van der Waals surface area contributed by atoms with Crippen LogP contribution in [-0.4, -0.2) is 16.8 Å². The minimum Gasteiger partial charge on any atom is -0.508 e. The van der Waals surface area contributed by atoms with Crippen LogP contribution < -0.4 is 0 Å². The number of carbonyl (C=O) groups excluding carboxylic acids is 1. The quantitative estimate of drug-likeness (QED) is 0.510. The lowest BCUT2D eigenvalue weighted by molar-refractivity contribution is 0.104. The summed E-state index contributed by atoms with van der Waals surface area (Å²) in [4.78, 5) is 12.1. The lowest BCUT2D eigenvalue weighted by atomic mass is 10.0. The van der Waals surface area contributed by atoms with Gasteiger partial charge in [0.15, 0.2) is 5.78 Å². The van der Waals surface area contributed by atoms with Gasteiger partial charge in [-0.3, -0.25) is 4.79 Å². The number of hydrogen-bond donors (Lipinski definition) is 1. The third-order valence-electron chi connectivity index (χ3n) is 3.03. The second kappa shape index (κ2) is 7.04. The molecule has 0 saturated carbocycles. The number of ketones is 1. The van der Waals surface area contributed by atoms with Crippen molar-refractivity contribution >= 4 is 23.5 Å². The van der Waals surface area contributed by atoms with Crippen LogP contribution in [0.5, 0.6) is 5.75 Å². The topological polar surface area (TPSA) is 37.3 Å². The average Bonchev–Trinajstić information content (AvgIpc) is 2.49. The second-order valence-corrected chi connectivity index (χ2v) is 4.91. The maximum Gasteiger partial charge on any atom is 0.185 e. The van der Waals surface area contributed by atoms with Crippen LogP contribution in [0.25, 0.3) is 6.08 Å². The molecule has 2 aromatic rings. The Balaban J connectivity index is 2.16. The number of phenols is 1. The maximum atomic E-state index is 12.8. The van der Waals surface area contributed by atoms with Gasteiger partial charge in [0.2, 0.25) is 0 Å². The number of hydrogen-bond acceptors (Lipinski definition) is 2. The molecule has 4 heteroatoms. The van der Waals surface area contributed by atoms with Crippen LogP contribution in [0.3, 0.4) is 0 Å². The molecule has 1 N–H and O–H groups in total. The van der Waals surface area contributed by atoms with Crippen LogP contribution in [0.1, 0.15) is 21.5 Å². The molecule has 0 radical (unpaired) electrons. The fourth-order valence-corrected chi connectivity index (χ4v) is 2.09. The highest BCUT2D eigenvalue weighted by Crippen LogP contribution is 2.20. The number of phenolic OH excluding ortho intramolecular Hbond substituents is 1. The molecule has 0 bridgehead atoms. The fourth-order valence-electron chi connectivity index (χ4n) is 1.88. The van der Waals surface area contributed by atoms with Crippen molar-refractivity contribution in [2.45, 2.75) is 6.42 Å². The molecule has 0 amide bonds. The van der Waals surface area contributed by atoms with E-state index < -0.39 is 0 Å². The number of rotatable bonds is 5. The minimum absolute atomic E-state index is 0.134. The first-order valence-corrected chi connectivity index (χ1v) is 6.99. The van der Waals surface area contributed by atoms with E-state index in [4.69, 9.17) is 11.6 Å². The number of allylic oxidation sites excluding steroid dienone is 1. The van der Waals surface area contributed by atoms with Gasteiger partial charge in [-0.05, 0) is 54.0 Å². The predicted octanol–water partition coefficient (Wildman–Crippen LogP) is 4.21. The Morgan fingerprint density at radius 2 is 1.90 bits per heavy atom. The monoisotopic (exact) mass is 304 g/mol. The Kier molecular flexibility index (Phi) is 5.12. The molecule has 108 valence electrons. The molecule has 0 saturated heterocycles. The molecule has 2 rings (SSSR count). The Labute approximate surface area is 127 Å². The van der Waals surface area contributed by atoms with Crippen molar-refractivity contribution in [3.8, 4) is 5.75 Å². The van der Waals surface area contributed by atoms with E-state index in [1.807, 2.05) is 0 Å². The fraction of sp³-hybridized carbons (Fsp3) is 0.118. The summed E-state index contributed by atoms with van der Waals surface area (Å²) in [5.41, 5.74) is 1.86. The van der Waals surface area contributed by atoms with Crippen molar-refractivity contribution in [1.29, 1.82) is 0 Å². The smallest absolute Gasteiger partial charge is 0.185 e. The van der Waals surface area contributed by atoms with Crippen LogP contribution in [0.4, 0.5) is 4.39 Å². The zero-order valence-electron chi connectivity index (χ0n) is 11.2. The van der Waals surface area contributed by atoms with E-state index in [2.05, 4.69) is 0 Å². The summed E-state index contributed by atoms with van der Waals surface area (Å²) in [6.45, 7) is 0. The maximum absolute atomic E-state index is 12.8. The van der Waals surface area contributed by atoms with Gasteiger partial charge in [0.1, 0.15) is 11.6 Å². The number of carbonyl (C=O) groups is 1. The largest absolute Gasteiger partial charge is 0.508 e. The SMILES string of the molecule is O=C(C=Cc1ccc(F)cc1)c1ccc(O)c(CCCl)c1. The Morgan fingerprint density at radius 3 is 2.57 bits per heavy atom. The highest BCUT2D eigenvalue weighted by Gasteiger charge is 2.07. The molecule has 0 aliphatic rings. The van der Waals surface area contributed by atoms with Gasteiger partial charge >= 0.3 is 0 Å². The third kappa shape index (κ3) is 4.17. The van der Waals surface area contributed by atoms with Crippen molar-refractivity contribution in [2.75, 3.05) is 5.88 Å². The van der Waals surface area contributed by atoms with Crippen LogP contribution in [0.2, 0.25) is 0 Å². The summed E-state index contributed by atoms with van der Waals surface area (Å²) in [5.74, 6) is 0.00368. The second-order valence-electron chi connectivity index (χ2n) is 4.53. The van der Waals surface area contributed by atoms with Gasteiger partial charge in [0, 0.05) is 11.4 Å². The van der Waals surface area contributed by atoms with Crippen molar-refractivity contribution < 1.29 is 14.3 Å². The molecule has 0 aliphatic heterocycles. The molecule has 2 aromatic carbocycles. The van der Waals surface area contributed by atoms with E-state index in [1.54, 1.807) is 30.3 Å². The molecule has 0 unspecified atom stereocenters. The van der Waals surface area contributed by atoms with Crippen molar-refractivity contribution in [3.63, 3.8) is 0 Å². The van der Waals surface area contributed by atoms with E-state index in [0.29, 0.717) is 23.4 Å². The van der Waals surface area contributed by atoms with E-state index in [0.717, 1.165) is 5.56 Å². The summed E-state index contributed by atoms with van der Waals surface area (Å²) in [6, 6.07) is 10.5. The molecule has 0 atom stereocenters. The molecular formula is C17H14ClFO2. The highest BCUT2D eigenvalue weighted by atomic mass is 35.5. The number of alkyl halides is 1. The first-order valence-electron chi connectivity index (χ1n) is 6.46. The molecule has 2 nitrogen and oxygen atoms in total. The molecule has 0 fully saturated rings. The first kappa shape index (κ1) is 15.3. The molecule has 0 aliphatic carbocycles. The molecule has 21 heavy (non-hydrogen) atoms. The van der Waals surface area contributed by atoms with Gasteiger partial charge in [-0.25, -0.2) is 4.39 Å². The normalized spacial score (nSPS) is 11.0. The summed E-state index contributed by atoms with van der Waals surface area (Å²) >= 11 is 5.65. The van der Waals surface area contributed by atoms with E-state index in [-0.39, 0.29) is 17.3 Å². The zero-order valence-corrected chi connectivity index (χ0v) is 12.0. The number of benzene rings is 2. The number of aromatic hydroxyl groups is 1. The predicted molar refractivity (Wildman–Crippen MR) is 82.3 cm³/mol. The van der Waals surface area contributed by atoms with Crippen LogP contribution in [0.15, 0.2) is 48.5 Å². The summed E-state index contributed by atoms with van der Waals surface area (Å²) < 4.78 is 12.8. The lowest BCUT2D eigenvalue weighted by Crippen LogP contribution is -1.97. The van der Waals surface area contributed by atoms with Gasteiger partial charge in [0.05, 0.1) is 0 Å². The highest BCUT2D eigenvalue weighted by molar-refractivity contribution is 6.18. The molecule has 0 aromatic heterocycles. The van der Waals surface area contributed by atoms with Crippen molar-refractivity contribution in [3.05, 3.63) is 71.0 Å². The van der Waals surface area contributed by atoms with Crippen LogP contribution >= 0.6 is 11.6 Å². The first-order chi connectivity index (χ1) is 10.1. The molecule has 0 spiro atoms. The van der Waals surface area contributed by atoms with Crippen LogP contribution in [0, 0.1) is 5.82 Å². The number of aryl methyl sites for hydroxylation is 1. The standard InChI is InChI=1S/C17H14ClFO2/c18-10-9-14-11-13(4-8-17(14)21)16(20)7-3-12-1-5-15(19)6-2-12/h1-8,11,21H,9-10H2. The van der Waals surface area contributed by atoms with E-state index in [1.165, 1.54) is 24.3 Å². The summed E-state index contributed by atoms with van der Waals surface area (Å²) in [6.07, 6.45) is 3.54. The lowest BCUT2D eigenvalue weighted by Gasteiger charge is -2.04. The summed E-state index contributed by atoms with van der Waals surface area (Å²) in [5, 5.41) is 9.66. The Bertz CT molecular complexity index is 663. The average molecular weight is 305 g/mol. The van der Waals surface area contributed by atoms with Gasteiger partial charge in [-0.2, -0.15) is 0 Å². The van der Waals surface area contributed by atoms with Gasteiger partial charge in [-0.15, -0.1) is 11.6 Å². The van der Waals surface area contributed by atoms with E-state index in [9.17, 15) is 14.3 Å². The van der Waals surface area contributed by atoms with Gasteiger partial charge in [0.25, 0.3) is 0 Å². The molecule has 0 heterocycles. The third-order valence-corrected chi connectivity index (χ3v) is 3.21. The van der Waals surface area contributed by atoms with Crippen molar-refractivity contribution in [1.82, 2.24) is 0 Å². The molecular weight excluding hydrogens is 291 g/mol. The zero-order chi connectivity index (χ0) is 15.2. The Hall–Kier alpha value is -2.13. The van der Waals surface area contributed by atoms with Gasteiger partial charge < -0.3 is 5.11 Å². The Morgan fingerprint density at radius 1 is 1.19 bits per heavy atom. The number of halogens is 2.